The van der Waals surface area contributed by atoms with Crippen molar-refractivity contribution in [2.24, 2.45) is 0 Å². The minimum Gasteiger partial charge on any atom is -0.342 e. The summed E-state index contributed by atoms with van der Waals surface area (Å²) in [6, 6.07) is 8.81. The first-order valence-electron chi connectivity index (χ1n) is 6.85. The average molecular weight is 303 g/mol. The topological polar surface area (TPSA) is 58.1 Å². The summed E-state index contributed by atoms with van der Waals surface area (Å²) in [6.07, 6.45) is 4.96. The van der Waals surface area contributed by atoms with Gasteiger partial charge in [0, 0.05) is 18.9 Å². The molecule has 0 aliphatic carbocycles. The summed E-state index contributed by atoms with van der Waals surface area (Å²) >= 11 is 6.19. The van der Waals surface area contributed by atoms with Gasteiger partial charge < -0.3 is 10.2 Å². The van der Waals surface area contributed by atoms with Crippen LogP contribution < -0.4 is 10.2 Å². The fourth-order valence-corrected chi connectivity index (χ4v) is 2.69. The summed E-state index contributed by atoms with van der Waals surface area (Å²) in [6.45, 7) is 0.677. The summed E-state index contributed by atoms with van der Waals surface area (Å²) in [5.41, 5.74) is 0.754. The first kappa shape index (κ1) is 13.8. The third-order valence-corrected chi connectivity index (χ3v) is 3.77. The van der Waals surface area contributed by atoms with Crippen molar-refractivity contribution in [3.05, 3.63) is 47.7 Å². The molecule has 0 unspecified atom stereocenters. The highest BCUT2D eigenvalue weighted by Gasteiger charge is 2.30. The highest BCUT2D eigenvalue weighted by atomic mass is 35.5. The minimum atomic E-state index is -0.322. The number of piperidine rings is 1. The number of hydrogen-bond donors (Lipinski definition) is 1. The van der Waals surface area contributed by atoms with E-state index in [1.807, 2.05) is 18.2 Å². The maximum absolute atomic E-state index is 12.6. The van der Waals surface area contributed by atoms with Crippen LogP contribution in [-0.2, 0) is 4.79 Å². The van der Waals surface area contributed by atoms with Crippen LogP contribution in [0.4, 0.5) is 11.6 Å². The van der Waals surface area contributed by atoms with Gasteiger partial charge in [-0.05, 0) is 31.0 Å². The Morgan fingerprint density at radius 3 is 2.71 bits per heavy atom. The zero-order chi connectivity index (χ0) is 14.7. The zero-order valence-corrected chi connectivity index (χ0v) is 12.1. The third kappa shape index (κ3) is 2.97. The molecule has 1 N–H and O–H groups in total. The molecule has 0 radical (unpaired) electrons. The number of benzene rings is 1. The lowest BCUT2D eigenvalue weighted by Gasteiger charge is -2.33. The van der Waals surface area contributed by atoms with Gasteiger partial charge >= 0.3 is 0 Å². The molecule has 1 fully saturated rings. The number of aromatic nitrogens is 2. The molecule has 1 aromatic heterocycles. The molecule has 2 heterocycles. The number of nitrogens with one attached hydrogen (secondary N) is 1. The molecule has 2 aromatic rings. The van der Waals surface area contributed by atoms with Crippen molar-refractivity contribution in [3.63, 3.8) is 0 Å². The lowest BCUT2D eigenvalue weighted by Crippen LogP contribution is -2.48. The van der Waals surface area contributed by atoms with Crippen molar-refractivity contribution in [2.45, 2.75) is 18.9 Å². The van der Waals surface area contributed by atoms with Crippen LogP contribution in [0.15, 0.2) is 42.7 Å². The molecule has 1 amide bonds. The summed E-state index contributed by atoms with van der Waals surface area (Å²) in [7, 11) is 0. The van der Waals surface area contributed by atoms with Gasteiger partial charge in [-0.15, -0.1) is 0 Å². The summed E-state index contributed by atoms with van der Waals surface area (Å²) in [5.74, 6) is 0.471. The standard InChI is InChI=1S/C15H15ClN4O/c16-11-5-1-2-7-13(11)20-10-3-6-12(14(20)21)19-15-17-8-4-9-18-15/h1-2,4-5,7-9,12H,3,6,10H2,(H,17,18,19)/t12-/m0/s1. The Morgan fingerprint density at radius 2 is 1.95 bits per heavy atom. The number of carbonyl (C=O) groups is 1. The van der Waals surface area contributed by atoms with Crippen LogP contribution >= 0.6 is 11.6 Å². The second kappa shape index (κ2) is 6.10. The van der Waals surface area contributed by atoms with Crippen LogP contribution in [0.3, 0.4) is 0 Å². The Morgan fingerprint density at radius 1 is 1.19 bits per heavy atom. The molecular formula is C15H15ClN4O. The molecule has 0 saturated carbocycles. The highest BCUT2D eigenvalue weighted by Crippen LogP contribution is 2.29. The van der Waals surface area contributed by atoms with Gasteiger partial charge in [0.25, 0.3) is 0 Å². The lowest BCUT2D eigenvalue weighted by molar-refractivity contribution is -0.120. The Hall–Kier alpha value is -2.14. The molecule has 0 bridgehead atoms. The number of carbonyl (C=O) groups excluding carboxylic acids is 1. The third-order valence-electron chi connectivity index (χ3n) is 3.45. The molecule has 1 aliphatic rings. The number of amides is 1. The lowest BCUT2D eigenvalue weighted by atomic mass is 10.0. The minimum absolute atomic E-state index is 0.00167. The summed E-state index contributed by atoms with van der Waals surface area (Å²) < 4.78 is 0. The molecule has 108 valence electrons. The van der Waals surface area contributed by atoms with Crippen molar-refractivity contribution < 1.29 is 4.79 Å². The van der Waals surface area contributed by atoms with E-state index >= 15 is 0 Å². The quantitative estimate of drug-likeness (QED) is 0.947. The predicted molar refractivity (Wildman–Crippen MR) is 82.5 cm³/mol. The number of hydrogen-bond acceptors (Lipinski definition) is 4. The molecule has 1 aliphatic heterocycles. The number of rotatable bonds is 3. The van der Waals surface area contributed by atoms with Gasteiger partial charge in [-0.3, -0.25) is 4.79 Å². The number of nitrogens with zero attached hydrogens (tertiary/aromatic N) is 3. The van der Waals surface area contributed by atoms with Gasteiger partial charge in [0.2, 0.25) is 11.9 Å². The van der Waals surface area contributed by atoms with Crippen LogP contribution in [-0.4, -0.2) is 28.5 Å². The first-order valence-corrected chi connectivity index (χ1v) is 7.23. The van der Waals surface area contributed by atoms with Gasteiger partial charge in [-0.2, -0.15) is 0 Å². The smallest absolute Gasteiger partial charge is 0.249 e. The van der Waals surface area contributed by atoms with Gasteiger partial charge in [0.05, 0.1) is 10.7 Å². The van der Waals surface area contributed by atoms with Gasteiger partial charge in [-0.25, -0.2) is 9.97 Å². The van der Waals surface area contributed by atoms with E-state index in [4.69, 9.17) is 11.6 Å². The first-order chi connectivity index (χ1) is 10.3. The maximum atomic E-state index is 12.6. The Labute approximate surface area is 128 Å². The number of anilines is 2. The molecule has 6 heteroatoms. The van der Waals surface area contributed by atoms with Crippen LogP contribution in [0.2, 0.25) is 5.02 Å². The SMILES string of the molecule is O=C1[C@@H](Nc2ncccn2)CCCN1c1ccccc1Cl. The van der Waals surface area contributed by atoms with Crippen LogP contribution in [0.1, 0.15) is 12.8 Å². The Bertz CT molecular complexity index is 635. The van der Waals surface area contributed by atoms with E-state index in [1.54, 1.807) is 29.4 Å². The zero-order valence-electron chi connectivity index (χ0n) is 11.4. The molecule has 1 atom stereocenters. The van der Waals surface area contributed by atoms with E-state index in [0.29, 0.717) is 17.5 Å². The van der Waals surface area contributed by atoms with Gasteiger partial charge in [0.1, 0.15) is 6.04 Å². The molecule has 3 rings (SSSR count). The molecule has 0 spiro atoms. The van der Waals surface area contributed by atoms with Crippen molar-refractivity contribution in [2.75, 3.05) is 16.8 Å². The van der Waals surface area contributed by atoms with Crippen molar-refractivity contribution in [3.8, 4) is 0 Å². The molecule has 1 aromatic carbocycles. The normalized spacial score (nSPS) is 18.6. The molecule has 1 saturated heterocycles. The largest absolute Gasteiger partial charge is 0.342 e. The van der Waals surface area contributed by atoms with E-state index in [1.165, 1.54) is 0 Å². The van der Waals surface area contributed by atoms with Gasteiger partial charge in [-0.1, -0.05) is 23.7 Å². The molecular weight excluding hydrogens is 288 g/mol. The van der Waals surface area contributed by atoms with E-state index < -0.39 is 0 Å². The number of para-hydroxylation sites is 1. The van der Waals surface area contributed by atoms with E-state index in [0.717, 1.165) is 18.5 Å². The molecule has 21 heavy (non-hydrogen) atoms. The van der Waals surface area contributed by atoms with E-state index in [-0.39, 0.29) is 11.9 Å². The number of halogens is 1. The molecule has 5 nitrogen and oxygen atoms in total. The monoisotopic (exact) mass is 302 g/mol. The predicted octanol–water partition coefficient (Wildman–Crippen LogP) is 2.74. The van der Waals surface area contributed by atoms with Crippen molar-refractivity contribution in [1.82, 2.24) is 9.97 Å². The second-order valence-corrected chi connectivity index (χ2v) is 5.26. The van der Waals surface area contributed by atoms with E-state index in [2.05, 4.69) is 15.3 Å². The van der Waals surface area contributed by atoms with Gasteiger partial charge in [0.15, 0.2) is 0 Å². The fourth-order valence-electron chi connectivity index (χ4n) is 2.45. The van der Waals surface area contributed by atoms with Crippen LogP contribution in [0.25, 0.3) is 0 Å². The highest BCUT2D eigenvalue weighted by molar-refractivity contribution is 6.33. The Kier molecular flexibility index (Phi) is 4.01. The van der Waals surface area contributed by atoms with Crippen molar-refractivity contribution in [1.29, 1.82) is 0 Å². The summed E-state index contributed by atoms with van der Waals surface area (Å²) in [4.78, 5) is 22.6. The average Bonchev–Trinajstić information content (AvgIpc) is 2.51. The Balaban J connectivity index is 1.79. The summed E-state index contributed by atoms with van der Waals surface area (Å²) in [5, 5.41) is 3.68. The van der Waals surface area contributed by atoms with Crippen LogP contribution in [0.5, 0.6) is 0 Å². The second-order valence-electron chi connectivity index (χ2n) is 4.85. The van der Waals surface area contributed by atoms with Crippen molar-refractivity contribution >= 4 is 29.1 Å². The van der Waals surface area contributed by atoms with E-state index in [9.17, 15) is 4.79 Å². The van der Waals surface area contributed by atoms with Crippen LogP contribution in [0, 0.1) is 0 Å². The maximum Gasteiger partial charge on any atom is 0.249 e. The fraction of sp³-hybridized carbons (Fsp3) is 0.267.